The SMILES string of the molecule is CC1(C(=O)N[C](c2ccccc2)N(Cc2ccccc2)C(=O)c2ccccc2)CCCCC1. The minimum Gasteiger partial charge on any atom is -0.325 e. The number of hydrogen-bond acceptors (Lipinski definition) is 2. The van der Waals surface area contributed by atoms with Gasteiger partial charge in [-0.25, -0.2) is 0 Å². The van der Waals surface area contributed by atoms with E-state index >= 15 is 0 Å². The highest BCUT2D eigenvalue weighted by molar-refractivity contribution is 5.96. The Balaban J connectivity index is 1.72. The van der Waals surface area contributed by atoms with Gasteiger partial charge in [-0.2, -0.15) is 0 Å². The minimum atomic E-state index is -0.424. The third-order valence-electron chi connectivity index (χ3n) is 6.50. The van der Waals surface area contributed by atoms with Crippen LogP contribution in [0.2, 0.25) is 0 Å². The van der Waals surface area contributed by atoms with Crippen LogP contribution < -0.4 is 5.32 Å². The number of nitrogens with one attached hydrogen (secondary N) is 1. The molecule has 0 spiro atoms. The quantitative estimate of drug-likeness (QED) is 0.494. The van der Waals surface area contributed by atoms with Crippen molar-refractivity contribution < 1.29 is 9.59 Å². The minimum absolute atomic E-state index is 0.0139. The van der Waals surface area contributed by atoms with E-state index in [1.807, 2.05) is 97.9 Å². The van der Waals surface area contributed by atoms with Crippen LogP contribution in [0.25, 0.3) is 0 Å². The lowest BCUT2D eigenvalue weighted by Gasteiger charge is -2.37. The Labute approximate surface area is 196 Å². The standard InChI is InChI=1S/C29H31N2O2/c1-29(20-12-5-13-21-29)28(33)30-26(24-16-8-3-9-17-24)31(22-23-14-6-2-7-15-23)27(32)25-18-10-4-11-19-25/h2-4,6-11,14-19H,5,12-13,20-22H2,1H3,(H,30,33). The van der Waals surface area contributed by atoms with E-state index in [2.05, 4.69) is 5.32 Å². The van der Waals surface area contributed by atoms with Gasteiger partial charge in [0.1, 0.15) is 0 Å². The predicted molar refractivity (Wildman–Crippen MR) is 131 cm³/mol. The Morgan fingerprint density at radius 2 is 1.27 bits per heavy atom. The molecule has 4 rings (SSSR count). The van der Waals surface area contributed by atoms with Crippen LogP contribution in [0.1, 0.15) is 60.5 Å². The van der Waals surface area contributed by atoms with E-state index in [1.165, 1.54) is 6.42 Å². The summed E-state index contributed by atoms with van der Waals surface area (Å²) in [6, 6.07) is 28.8. The van der Waals surface area contributed by atoms with Gasteiger partial charge in [0.25, 0.3) is 5.91 Å². The predicted octanol–water partition coefficient (Wildman–Crippen LogP) is 5.95. The number of benzene rings is 3. The first-order valence-electron chi connectivity index (χ1n) is 11.7. The van der Waals surface area contributed by atoms with E-state index in [0.717, 1.165) is 36.8 Å². The maximum atomic E-state index is 13.8. The van der Waals surface area contributed by atoms with Crippen LogP contribution in [-0.2, 0) is 11.3 Å². The molecule has 1 radical (unpaired) electrons. The smallest absolute Gasteiger partial charge is 0.256 e. The summed E-state index contributed by atoms with van der Waals surface area (Å²) < 4.78 is 0. The van der Waals surface area contributed by atoms with Gasteiger partial charge in [-0.3, -0.25) is 9.59 Å². The third kappa shape index (κ3) is 5.51. The highest BCUT2D eigenvalue weighted by Gasteiger charge is 2.38. The molecule has 1 saturated carbocycles. The average Bonchev–Trinajstić information content (AvgIpc) is 2.87. The molecule has 1 fully saturated rings. The van der Waals surface area contributed by atoms with Crippen molar-refractivity contribution in [2.24, 2.45) is 5.41 Å². The van der Waals surface area contributed by atoms with Gasteiger partial charge in [-0.15, -0.1) is 0 Å². The van der Waals surface area contributed by atoms with Crippen LogP contribution in [0.4, 0.5) is 0 Å². The Morgan fingerprint density at radius 1 is 0.758 bits per heavy atom. The molecule has 0 aromatic heterocycles. The van der Waals surface area contributed by atoms with Crippen LogP contribution in [0.15, 0.2) is 91.0 Å². The molecule has 1 aliphatic carbocycles. The summed E-state index contributed by atoms with van der Waals surface area (Å²) in [6.07, 6.45) is 5.55. The largest absolute Gasteiger partial charge is 0.325 e. The monoisotopic (exact) mass is 439 g/mol. The number of nitrogens with zero attached hydrogens (tertiary/aromatic N) is 1. The van der Waals surface area contributed by atoms with Crippen molar-refractivity contribution in [1.29, 1.82) is 0 Å². The molecule has 4 nitrogen and oxygen atoms in total. The van der Waals surface area contributed by atoms with Crippen LogP contribution >= 0.6 is 0 Å². The molecule has 3 aromatic carbocycles. The fraction of sp³-hybridized carbons (Fsp3) is 0.276. The molecule has 3 aromatic rings. The van der Waals surface area contributed by atoms with Gasteiger partial charge < -0.3 is 10.2 Å². The van der Waals surface area contributed by atoms with E-state index in [4.69, 9.17) is 0 Å². The third-order valence-corrected chi connectivity index (χ3v) is 6.50. The van der Waals surface area contributed by atoms with Crippen LogP contribution in [0.5, 0.6) is 0 Å². The molecule has 4 heteroatoms. The summed E-state index contributed by atoms with van der Waals surface area (Å²) in [5, 5.41) is 3.20. The lowest BCUT2D eigenvalue weighted by atomic mass is 9.75. The molecule has 0 bridgehead atoms. The first kappa shape index (κ1) is 22.8. The molecular weight excluding hydrogens is 408 g/mol. The molecule has 0 saturated heterocycles. The Bertz CT molecular complexity index is 1040. The summed E-state index contributed by atoms with van der Waals surface area (Å²) in [6.45, 7) is 2.40. The van der Waals surface area contributed by atoms with Gasteiger partial charge in [0.05, 0.1) is 0 Å². The Morgan fingerprint density at radius 3 is 1.85 bits per heavy atom. The lowest BCUT2D eigenvalue weighted by molar-refractivity contribution is -0.132. The summed E-state index contributed by atoms with van der Waals surface area (Å²) >= 11 is 0. The lowest BCUT2D eigenvalue weighted by Crippen LogP contribution is -2.49. The summed E-state index contributed by atoms with van der Waals surface area (Å²) in [5.41, 5.74) is 1.96. The molecule has 1 N–H and O–H groups in total. The van der Waals surface area contributed by atoms with Crippen LogP contribution in [0.3, 0.4) is 0 Å². The van der Waals surface area contributed by atoms with Gasteiger partial charge in [0.2, 0.25) is 5.91 Å². The number of amides is 2. The van der Waals surface area contributed by atoms with Crippen molar-refractivity contribution in [3.63, 3.8) is 0 Å². The van der Waals surface area contributed by atoms with Crippen molar-refractivity contribution >= 4 is 11.8 Å². The van der Waals surface area contributed by atoms with Gasteiger partial charge in [-0.05, 0) is 30.5 Å². The first-order valence-corrected chi connectivity index (χ1v) is 11.7. The molecule has 0 heterocycles. The van der Waals surface area contributed by atoms with Crippen molar-refractivity contribution in [2.75, 3.05) is 0 Å². The Hall–Kier alpha value is -3.40. The number of carbonyl (C=O) groups excluding carboxylic acids is 2. The second-order valence-corrected chi connectivity index (χ2v) is 9.03. The summed E-state index contributed by atoms with van der Waals surface area (Å²) in [7, 11) is 0. The van der Waals surface area contributed by atoms with E-state index < -0.39 is 5.41 Å². The highest BCUT2D eigenvalue weighted by atomic mass is 16.2. The summed E-state index contributed by atoms with van der Waals surface area (Å²) in [5.74, 6) is -0.160. The molecule has 1 aliphatic rings. The van der Waals surface area contributed by atoms with E-state index in [1.54, 1.807) is 4.90 Å². The van der Waals surface area contributed by atoms with Crippen molar-refractivity contribution in [2.45, 2.75) is 45.6 Å². The molecule has 0 atom stereocenters. The van der Waals surface area contributed by atoms with E-state index in [0.29, 0.717) is 18.3 Å². The normalized spacial score (nSPS) is 15.1. The van der Waals surface area contributed by atoms with Crippen molar-refractivity contribution in [3.8, 4) is 0 Å². The fourth-order valence-electron chi connectivity index (χ4n) is 4.46. The van der Waals surface area contributed by atoms with Crippen molar-refractivity contribution in [1.82, 2.24) is 10.2 Å². The maximum absolute atomic E-state index is 13.8. The van der Waals surface area contributed by atoms with Gasteiger partial charge in [-0.1, -0.05) is 105 Å². The fourth-order valence-corrected chi connectivity index (χ4v) is 4.46. The zero-order chi connectivity index (χ0) is 23.1. The second-order valence-electron chi connectivity index (χ2n) is 9.03. The van der Waals surface area contributed by atoms with Crippen LogP contribution in [0, 0.1) is 11.6 Å². The highest BCUT2D eigenvalue weighted by Crippen LogP contribution is 2.37. The Kier molecular flexibility index (Phi) is 7.23. The molecule has 2 amide bonds. The molecule has 33 heavy (non-hydrogen) atoms. The first-order chi connectivity index (χ1) is 16.1. The van der Waals surface area contributed by atoms with Crippen LogP contribution in [-0.4, -0.2) is 16.7 Å². The summed E-state index contributed by atoms with van der Waals surface area (Å²) in [4.78, 5) is 29.0. The van der Waals surface area contributed by atoms with Gasteiger partial charge in [0, 0.05) is 23.1 Å². The molecule has 0 aliphatic heterocycles. The zero-order valence-electron chi connectivity index (χ0n) is 19.2. The maximum Gasteiger partial charge on any atom is 0.256 e. The second kappa shape index (κ2) is 10.5. The number of rotatable bonds is 7. The number of hydrogen-bond donors (Lipinski definition) is 1. The molecular formula is C29H31N2O2. The van der Waals surface area contributed by atoms with E-state index in [9.17, 15) is 9.59 Å². The van der Waals surface area contributed by atoms with Gasteiger partial charge in [0.15, 0.2) is 6.17 Å². The topological polar surface area (TPSA) is 49.4 Å². The zero-order valence-corrected chi connectivity index (χ0v) is 19.2. The average molecular weight is 440 g/mol. The van der Waals surface area contributed by atoms with E-state index in [-0.39, 0.29) is 11.8 Å². The molecule has 169 valence electrons. The van der Waals surface area contributed by atoms with Crippen molar-refractivity contribution in [3.05, 3.63) is 114 Å². The number of carbonyl (C=O) groups is 2. The molecule has 0 unspecified atom stereocenters. The van der Waals surface area contributed by atoms with Gasteiger partial charge >= 0.3 is 0 Å².